The second-order valence-corrected chi connectivity index (χ2v) is 9.12. The summed E-state index contributed by atoms with van der Waals surface area (Å²) in [5, 5.41) is 5.59. The van der Waals surface area contributed by atoms with Gasteiger partial charge in [0, 0.05) is 22.7 Å². The van der Waals surface area contributed by atoms with Crippen LogP contribution in [0.4, 0.5) is 10.5 Å². The Hall–Kier alpha value is -2.87. The summed E-state index contributed by atoms with van der Waals surface area (Å²) in [5.74, 6) is -0.729. The zero-order valence-corrected chi connectivity index (χ0v) is 20.0. The van der Waals surface area contributed by atoms with Crippen molar-refractivity contribution in [2.75, 3.05) is 12.4 Å². The molecule has 7 nitrogen and oxygen atoms in total. The Kier molecular flexibility index (Phi) is 7.90. The minimum Gasteiger partial charge on any atom is -0.469 e. The molecular formula is C24H28BrN3O4. The molecule has 3 amide bonds. The number of fused-ring (bicyclic) bond motifs is 1. The van der Waals surface area contributed by atoms with Gasteiger partial charge in [-0.2, -0.15) is 0 Å². The van der Waals surface area contributed by atoms with Crippen molar-refractivity contribution in [2.24, 2.45) is 5.92 Å². The second kappa shape index (κ2) is 10.6. The number of amides is 3. The maximum absolute atomic E-state index is 13.6. The van der Waals surface area contributed by atoms with Crippen molar-refractivity contribution >= 4 is 39.5 Å². The lowest BCUT2D eigenvalue weighted by molar-refractivity contribution is -0.145. The standard InChI is InChI=1S/C24H28BrN3O4/c1-15(2)22(27-24(31)26-19-10-6-9-18(25)12-19)23(30)28-14-17-8-5-4-7-16(17)11-20(28)13-21(29)32-3/h4-10,12,15,20,22H,11,13-14H2,1-3H3,(H2,26,27,31)/t20-,22+/m1/s1. The highest BCUT2D eigenvalue weighted by Crippen LogP contribution is 2.27. The Morgan fingerprint density at radius 3 is 2.50 bits per heavy atom. The number of halogens is 1. The average molecular weight is 502 g/mol. The van der Waals surface area contributed by atoms with E-state index in [9.17, 15) is 14.4 Å². The Morgan fingerprint density at radius 1 is 1.12 bits per heavy atom. The van der Waals surface area contributed by atoms with Gasteiger partial charge in [-0.15, -0.1) is 0 Å². The van der Waals surface area contributed by atoms with Crippen molar-refractivity contribution in [3.05, 3.63) is 64.1 Å². The van der Waals surface area contributed by atoms with Gasteiger partial charge in [0.05, 0.1) is 13.5 Å². The van der Waals surface area contributed by atoms with Gasteiger partial charge in [0.15, 0.2) is 0 Å². The highest BCUT2D eigenvalue weighted by atomic mass is 79.9. The number of hydrogen-bond donors (Lipinski definition) is 2. The zero-order valence-electron chi connectivity index (χ0n) is 18.4. The fraction of sp³-hybridized carbons (Fsp3) is 0.375. The van der Waals surface area contributed by atoms with Gasteiger partial charge in [-0.1, -0.05) is 60.1 Å². The topological polar surface area (TPSA) is 87.7 Å². The minimum absolute atomic E-state index is 0.103. The number of nitrogens with one attached hydrogen (secondary N) is 2. The SMILES string of the molecule is COC(=O)C[C@H]1Cc2ccccc2CN1C(=O)[C@@H](NC(=O)Nc1cccc(Br)c1)C(C)C. The zero-order chi connectivity index (χ0) is 23.3. The van der Waals surface area contributed by atoms with E-state index in [2.05, 4.69) is 26.6 Å². The highest BCUT2D eigenvalue weighted by Gasteiger charge is 2.36. The van der Waals surface area contributed by atoms with Crippen LogP contribution in [-0.2, 0) is 27.3 Å². The summed E-state index contributed by atoms with van der Waals surface area (Å²) >= 11 is 3.38. The number of methoxy groups -OCH3 is 1. The molecule has 0 saturated heterocycles. The predicted molar refractivity (Wildman–Crippen MR) is 126 cm³/mol. The Bertz CT molecular complexity index is 995. The number of benzene rings is 2. The molecule has 0 aliphatic carbocycles. The molecule has 1 aliphatic heterocycles. The van der Waals surface area contributed by atoms with E-state index in [0.717, 1.165) is 15.6 Å². The van der Waals surface area contributed by atoms with Crippen molar-refractivity contribution in [1.29, 1.82) is 0 Å². The van der Waals surface area contributed by atoms with E-state index in [1.54, 1.807) is 17.0 Å². The molecular weight excluding hydrogens is 474 g/mol. The van der Waals surface area contributed by atoms with Gasteiger partial charge in [0.25, 0.3) is 0 Å². The summed E-state index contributed by atoms with van der Waals surface area (Å²) < 4.78 is 5.69. The molecule has 1 heterocycles. The molecule has 0 saturated carbocycles. The monoisotopic (exact) mass is 501 g/mol. The summed E-state index contributed by atoms with van der Waals surface area (Å²) in [6.07, 6.45) is 0.664. The molecule has 0 aromatic heterocycles. The van der Waals surface area contributed by atoms with Crippen LogP contribution < -0.4 is 10.6 Å². The number of carbonyl (C=O) groups excluding carboxylic acids is 3. The van der Waals surface area contributed by atoms with Crippen molar-refractivity contribution in [3.63, 3.8) is 0 Å². The van der Waals surface area contributed by atoms with E-state index in [-0.39, 0.29) is 30.3 Å². The smallest absolute Gasteiger partial charge is 0.319 e. The van der Waals surface area contributed by atoms with E-state index in [1.807, 2.05) is 50.2 Å². The Labute approximate surface area is 196 Å². The first kappa shape index (κ1) is 23.8. The number of urea groups is 1. The van der Waals surface area contributed by atoms with Crippen molar-refractivity contribution in [1.82, 2.24) is 10.2 Å². The first-order valence-electron chi connectivity index (χ1n) is 10.6. The van der Waals surface area contributed by atoms with Crippen LogP contribution in [0.25, 0.3) is 0 Å². The molecule has 170 valence electrons. The van der Waals surface area contributed by atoms with Crippen LogP contribution in [0.3, 0.4) is 0 Å². The van der Waals surface area contributed by atoms with Gasteiger partial charge < -0.3 is 20.3 Å². The third kappa shape index (κ3) is 5.88. The molecule has 0 bridgehead atoms. The molecule has 0 spiro atoms. The molecule has 3 rings (SSSR count). The van der Waals surface area contributed by atoms with Gasteiger partial charge in [0.2, 0.25) is 5.91 Å². The predicted octanol–water partition coefficient (Wildman–Crippen LogP) is 4.11. The first-order chi connectivity index (χ1) is 15.3. The maximum atomic E-state index is 13.6. The van der Waals surface area contributed by atoms with E-state index < -0.39 is 12.1 Å². The Balaban J connectivity index is 1.79. The third-order valence-electron chi connectivity index (χ3n) is 5.57. The molecule has 1 aliphatic rings. The first-order valence-corrected chi connectivity index (χ1v) is 11.3. The quantitative estimate of drug-likeness (QED) is 0.582. The molecule has 8 heteroatoms. The third-order valence-corrected chi connectivity index (χ3v) is 6.06. The largest absolute Gasteiger partial charge is 0.469 e. The molecule has 2 aromatic rings. The number of esters is 1. The van der Waals surface area contributed by atoms with E-state index >= 15 is 0 Å². The Morgan fingerprint density at radius 2 is 1.84 bits per heavy atom. The number of carbonyl (C=O) groups is 3. The lowest BCUT2D eigenvalue weighted by Gasteiger charge is -2.39. The van der Waals surface area contributed by atoms with Gasteiger partial charge in [-0.05, 0) is 41.7 Å². The number of ether oxygens (including phenoxy) is 1. The van der Waals surface area contributed by atoms with Gasteiger partial charge in [-0.25, -0.2) is 4.79 Å². The lowest BCUT2D eigenvalue weighted by atomic mass is 9.90. The van der Waals surface area contributed by atoms with Crippen molar-refractivity contribution in [3.8, 4) is 0 Å². The van der Waals surface area contributed by atoms with Crippen LogP contribution in [0.1, 0.15) is 31.4 Å². The molecule has 2 aromatic carbocycles. The van der Waals surface area contributed by atoms with Crippen LogP contribution in [0.15, 0.2) is 53.0 Å². The lowest BCUT2D eigenvalue weighted by Crippen LogP contribution is -2.56. The minimum atomic E-state index is -0.743. The molecule has 0 unspecified atom stereocenters. The summed E-state index contributed by atoms with van der Waals surface area (Å²) in [6, 6.07) is 13.6. The summed E-state index contributed by atoms with van der Waals surface area (Å²) in [4.78, 5) is 40.0. The number of rotatable bonds is 6. The normalized spacial score (nSPS) is 16.2. The van der Waals surface area contributed by atoms with E-state index in [1.165, 1.54) is 7.11 Å². The van der Waals surface area contributed by atoms with Crippen LogP contribution in [0.5, 0.6) is 0 Å². The van der Waals surface area contributed by atoms with Crippen molar-refractivity contribution < 1.29 is 19.1 Å². The number of hydrogen-bond acceptors (Lipinski definition) is 4. The maximum Gasteiger partial charge on any atom is 0.319 e. The number of anilines is 1. The molecule has 2 N–H and O–H groups in total. The molecule has 2 atom stereocenters. The number of nitrogens with zero attached hydrogens (tertiary/aromatic N) is 1. The van der Waals surface area contributed by atoms with Crippen molar-refractivity contribution in [2.45, 2.75) is 45.3 Å². The summed E-state index contributed by atoms with van der Waals surface area (Å²) in [6.45, 7) is 4.15. The summed E-state index contributed by atoms with van der Waals surface area (Å²) in [7, 11) is 1.34. The van der Waals surface area contributed by atoms with Crippen LogP contribution in [0.2, 0.25) is 0 Å². The molecule has 32 heavy (non-hydrogen) atoms. The van der Waals surface area contributed by atoms with Crippen LogP contribution in [0, 0.1) is 5.92 Å². The fourth-order valence-electron chi connectivity index (χ4n) is 3.87. The van der Waals surface area contributed by atoms with Gasteiger partial charge >= 0.3 is 12.0 Å². The molecule has 0 fully saturated rings. The fourth-order valence-corrected chi connectivity index (χ4v) is 4.27. The highest BCUT2D eigenvalue weighted by molar-refractivity contribution is 9.10. The van der Waals surface area contributed by atoms with E-state index in [0.29, 0.717) is 18.7 Å². The molecule has 0 radical (unpaired) electrons. The van der Waals surface area contributed by atoms with Crippen LogP contribution in [-0.4, -0.2) is 42.0 Å². The second-order valence-electron chi connectivity index (χ2n) is 8.20. The van der Waals surface area contributed by atoms with Gasteiger partial charge in [0.1, 0.15) is 6.04 Å². The van der Waals surface area contributed by atoms with E-state index in [4.69, 9.17) is 4.74 Å². The van der Waals surface area contributed by atoms with Gasteiger partial charge in [-0.3, -0.25) is 9.59 Å². The summed E-state index contributed by atoms with van der Waals surface area (Å²) in [5.41, 5.74) is 2.78. The average Bonchev–Trinajstić information content (AvgIpc) is 2.76. The van der Waals surface area contributed by atoms with Crippen LogP contribution >= 0.6 is 15.9 Å².